The van der Waals surface area contributed by atoms with Gasteiger partial charge in [0.05, 0.1) is 0 Å². The van der Waals surface area contributed by atoms with E-state index in [0.717, 1.165) is 13.3 Å². The Hall–Kier alpha value is -1.51. The van der Waals surface area contributed by atoms with Gasteiger partial charge in [-0.1, -0.05) is 19.1 Å². The van der Waals surface area contributed by atoms with Crippen molar-refractivity contribution < 1.29 is 15.0 Å². The molecule has 0 amide bonds. The van der Waals surface area contributed by atoms with Crippen LogP contribution >= 0.6 is 0 Å². The van der Waals surface area contributed by atoms with Crippen LogP contribution in [0.25, 0.3) is 0 Å². The van der Waals surface area contributed by atoms with Gasteiger partial charge in [-0.3, -0.25) is 4.79 Å². The number of carbonyl (C=O) groups is 1. The monoisotopic (exact) mass is 182 g/mol. The first-order valence-corrected chi connectivity index (χ1v) is 4.03. The van der Waals surface area contributed by atoms with Gasteiger partial charge in [-0.15, -0.1) is 0 Å². The van der Waals surface area contributed by atoms with Crippen LogP contribution < -0.4 is 0 Å². The van der Waals surface area contributed by atoms with Crippen molar-refractivity contribution in [2.45, 2.75) is 20.3 Å². The Morgan fingerprint density at radius 3 is 2.00 bits per heavy atom. The zero-order valence-corrected chi connectivity index (χ0v) is 7.82. The molecular formula is C10H14O3. The summed E-state index contributed by atoms with van der Waals surface area (Å²) >= 11 is 0. The zero-order valence-electron chi connectivity index (χ0n) is 7.82. The number of phenolic OH excluding ortho intramolecular Hbond substituents is 1. The van der Waals surface area contributed by atoms with Crippen molar-refractivity contribution in [3.8, 4) is 5.75 Å². The lowest BCUT2D eigenvalue weighted by molar-refractivity contribution is -0.134. The Morgan fingerprint density at radius 2 is 1.69 bits per heavy atom. The van der Waals surface area contributed by atoms with Crippen LogP contribution in [0.1, 0.15) is 19.4 Å². The Kier molecular flexibility index (Phi) is 5.35. The Morgan fingerprint density at radius 1 is 1.31 bits per heavy atom. The second-order valence-corrected chi connectivity index (χ2v) is 2.54. The topological polar surface area (TPSA) is 57.5 Å². The van der Waals surface area contributed by atoms with Crippen LogP contribution in [-0.4, -0.2) is 16.2 Å². The number of rotatable bonds is 1. The minimum absolute atomic E-state index is 0.340. The average Bonchev–Trinajstić information content (AvgIpc) is 2.05. The van der Waals surface area contributed by atoms with Gasteiger partial charge in [0.2, 0.25) is 0 Å². The maximum atomic E-state index is 9.00. The first kappa shape index (κ1) is 11.5. The quantitative estimate of drug-likeness (QED) is 0.698. The van der Waals surface area contributed by atoms with Gasteiger partial charge in [-0.05, 0) is 24.1 Å². The molecule has 0 unspecified atom stereocenters. The molecule has 0 bridgehead atoms. The Balaban J connectivity index is 0.000000310. The average molecular weight is 182 g/mol. The van der Waals surface area contributed by atoms with Crippen molar-refractivity contribution in [1.29, 1.82) is 0 Å². The molecule has 0 atom stereocenters. The van der Waals surface area contributed by atoms with E-state index in [4.69, 9.17) is 15.0 Å². The molecule has 0 aliphatic heterocycles. The maximum Gasteiger partial charge on any atom is 0.300 e. The van der Waals surface area contributed by atoms with Gasteiger partial charge in [0.25, 0.3) is 5.97 Å². The standard InChI is InChI=1S/C8H10O.C2H4O2/c1-2-7-3-5-8(9)6-4-7;1-2(3)4/h3-6,9H,2H2,1H3;1H3,(H,3,4). The highest BCUT2D eigenvalue weighted by molar-refractivity contribution is 5.62. The summed E-state index contributed by atoms with van der Waals surface area (Å²) in [7, 11) is 0. The SMILES string of the molecule is CC(=O)O.CCc1ccc(O)cc1. The number of hydrogen-bond acceptors (Lipinski definition) is 2. The van der Waals surface area contributed by atoms with Crippen molar-refractivity contribution in [3.63, 3.8) is 0 Å². The van der Waals surface area contributed by atoms with Gasteiger partial charge < -0.3 is 10.2 Å². The highest BCUT2D eigenvalue weighted by atomic mass is 16.4. The van der Waals surface area contributed by atoms with Crippen molar-refractivity contribution in [2.75, 3.05) is 0 Å². The Bertz CT molecular complexity index is 247. The summed E-state index contributed by atoms with van der Waals surface area (Å²) in [6.45, 7) is 3.17. The molecule has 2 N–H and O–H groups in total. The van der Waals surface area contributed by atoms with Gasteiger partial charge >= 0.3 is 0 Å². The number of carboxylic acids is 1. The van der Waals surface area contributed by atoms with Crippen molar-refractivity contribution >= 4 is 5.97 Å². The first-order valence-electron chi connectivity index (χ1n) is 4.03. The molecular weight excluding hydrogens is 168 g/mol. The van der Waals surface area contributed by atoms with Crippen LogP contribution in [0.3, 0.4) is 0 Å². The summed E-state index contributed by atoms with van der Waals surface area (Å²) in [4.78, 5) is 9.00. The fraction of sp³-hybridized carbons (Fsp3) is 0.300. The molecule has 3 nitrogen and oxygen atoms in total. The van der Waals surface area contributed by atoms with E-state index in [1.165, 1.54) is 5.56 Å². The van der Waals surface area contributed by atoms with E-state index in [9.17, 15) is 0 Å². The van der Waals surface area contributed by atoms with Crippen molar-refractivity contribution in [1.82, 2.24) is 0 Å². The molecule has 13 heavy (non-hydrogen) atoms. The lowest BCUT2D eigenvalue weighted by Crippen LogP contribution is -1.78. The first-order chi connectivity index (χ1) is 6.06. The fourth-order valence-electron chi connectivity index (χ4n) is 0.732. The summed E-state index contributed by atoms with van der Waals surface area (Å²) in [6.07, 6.45) is 1.03. The summed E-state index contributed by atoms with van der Waals surface area (Å²) < 4.78 is 0. The molecule has 72 valence electrons. The summed E-state index contributed by atoms with van der Waals surface area (Å²) in [6, 6.07) is 7.27. The summed E-state index contributed by atoms with van der Waals surface area (Å²) in [5.41, 5.74) is 1.26. The fourth-order valence-corrected chi connectivity index (χ4v) is 0.732. The number of benzene rings is 1. The highest BCUT2D eigenvalue weighted by Gasteiger charge is 1.86. The van der Waals surface area contributed by atoms with Gasteiger partial charge in [-0.2, -0.15) is 0 Å². The lowest BCUT2D eigenvalue weighted by Gasteiger charge is -1.93. The lowest BCUT2D eigenvalue weighted by atomic mass is 10.2. The van der Waals surface area contributed by atoms with Crippen molar-refractivity contribution in [2.24, 2.45) is 0 Å². The van der Waals surface area contributed by atoms with E-state index in [-0.39, 0.29) is 0 Å². The van der Waals surface area contributed by atoms with Crippen LogP contribution in [0.2, 0.25) is 0 Å². The molecule has 0 spiro atoms. The van der Waals surface area contributed by atoms with E-state index in [2.05, 4.69) is 6.92 Å². The summed E-state index contributed by atoms with van der Waals surface area (Å²) in [5.74, 6) is -0.493. The van der Waals surface area contributed by atoms with E-state index in [1.807, 2.05) is 12.1 Å². The second kappa shape index (κ2) is 6.06. The number of hydrogen-bond donors (Lipinski definition) is 2. The number of aromatic hydroxyl groups is 1. The molecule has 1 aromatic carbocycles. The number of phenols is 1. The van der Waals surface area contributed by atoms with Gasteiger partial charge in [0.15, 0.2) is 0 Å². The van der Waals surface area contributed by atoms with E-state index >= 15 is 0 Å². The minimum Gasteiger partial charge on any atom is -0.508 e. The number of carboxylic acid groups (broad SMARTS) is 1. The van der Waals surface area contributed by atoms with E-state index in [0.29, 0.717) is 5.75 Å². The second-order valence-electron chi connectivity index (χ2n) is 2.54. The van der Waals surface area contributed by atoms with Crippen LogP contribution in [0.4, 0.5) is 0 Å². The highest BCUT2D eigenvalue weighted by Crippen LogP contribution is 2.09. The third kappa shape index (κ3) is 6.87. The van der Waals surface area contributed by atoms with E-state index in [1.54, 1.807) is 12.1 Å². The molecule has 0 saturated heterocycles. The molecule has 0 heterocycles. The molecule has 1 aromatic rings. The van der Waals surface area contributed by atoms with Gasteiger partial charge in [0.1, 0.15) is 5.75 Å². The molecule has 0 aliphatic rings. The molecule has 0 fully saturated rings. The van der Waals surface area contributed by atoms with E-state index < -0.39 is 5.97 Å². The molecule has 0 radical (unpaired) electrons. The zero-order chi connectivity index (χ0) is 10.3. The third-order valence-electron chi connectivity index (χ3n) is 1.34. The third-order valence-corrected chi connectivity index (χ3v) is 1.34. The van der Waals surface area contributed by atoms with Crippen LogP contribution in [0, 0.1) is 0 Å². The molecule has 0 aromatic heterocycles. The predicted octanol–water partition coefficient (Wildman–Crippen LogP) is 2.05. The largest absolute Gasteiger partial charge is 0.508 e. The summed E-state index contributed by atoms with van der Waals surface area (Å²) in [5, 5.41) is 16.3. The van der Waals surface area contributed by atoms with Crippen LogP contribution in [0.15, 0.2) is 24.3 Å². The maximum absolute atomic E-state index is 9.00. The molecule has 1 rings (SSSR count). The predicted molar refractivity (Wildman–Crippen MR) is 50.8 cm³/mol. The smallest absolute Gasteiger partial charge is 0.300 e. The van der Waals surface area contributed by atoms with Crippen LogP contribution in [-0.2, 0) is 11.2 Å². The van der Waals surface area contributed by atoms with Crippen LogP contribution in [0.5, 0.6) is 5.75 Å². The molecule has 0 aliphatic carbocycles. The molecule has 3 heteroatoms. The number of aliphatic carboxylic acids is 1. The van der Waals surface area contributed by atoms with Gasteiger partial charge in [0, 0.05) is 6.92 Å². The normalized spacial score (nSPS) is 8.46. The Labute approximate surface area is 77.6 Å². The molecule has 0 saturated carbocycles. The number of aryl methyl sites for hydroxylation is 1. The van der Waals surface area contributed by atoms with Crippen molar-refractivity contribution in [3.05, 3.63) is 29.8 Å². The van der Waals surface area contributed by atoms with Gasteiger partial charge in [-0.25, -0.2) is 0 Å². The minimum atomic E-state index is -0.833.